The molecule has 1 rings (SSSR count). The minimum absolute atomic E-state index is 0.00785. The highest BCUT2D eigenvalue weighted by Gasteiger charge is 2.25. The first-order valence-corrected chi connectivity index (χ1v) is 5.15. The van der Waals surface area contributed by atoms with E-state index in [1.807, 2.05) is 12.4 Å². The number of hydrogen-bond acceptors (Lipinski definition) is 2. The summed E-state index contributed by atoms with van der Waals surface area (Å²) in [5.41, 5.74) is 0.0307. The molecule has 1 aliphatic heterocycles. The van der Waals surface area contributed by atoms with E-state index in [4.69, 9.17) is 0 Å². The molecule has 0 radical (unpaired) electrons. The van der Waals surface area contributed by atoms with E-state index < -0.39 is 0 Å². The lowest BCUT2D eigenvalue weighted by Crippen LogP contribution is -2.24. The van der Waals surface area contributed by atoms with Gasteiger partial charge in [0.15, 0.2) is 0 Å². The molecule has 0 saturated heterocycles. The van der Waals surface area contributed by atoms with Crippen molar-refractivity contribution < 1.29 is 0 Å². The predicted molar refractivity (Wildman–Crippen MR) is 62.9 cm³/mol. The van der Waals surface area contributed by atoms with Crippen LogP contribution in [-0.2, 0) is 0 Å². The number of hydrogen-bond donors (Lipinski definition) is 0. The molecule has 0 fully saturated rings. The Hall–Kier alpha value is -0.920. The van der Waals surface area contributed by atoms with Gasteiger partial charge in [0.2, 0.25) is 0 Å². The van der Waals surface area contributed by atoms with Gasteiger partial charge in [-0.2, -0.15) is 10.2 Å². The zero-order valence-corrected chi connectivity index (χ0v) is 9.78. The molecule has 1 aliphatic rings. The highest BCUT2D eigenvalue weighted by atomic mass is 15.2. The fraction of sp³-hybridized carbons (Fsp3) is 0.667. The molecule has 0 bridgehead atoms. The maximum absolute atomic E-state index is 4.09. The fourth-order valence-electron chi connectivity index (χ4n) is 1.16. The second-order valence-electron chi connectivity index (χ2n) is 5.16. The van der Waals surface area contributed by atoms with Gasteiger partial charge in [0.05, 0.1) is 0 Å². The van der Waals surface area contributed by atoms with Crippen LogP contribution in [0, 0.1) is 16.7 Å². The first-order valence-electron chi connectivity index (χ1n) is 5.15. The molecule has 1 heterocycles. The third kappa shape index (κ3) is 2.53. The summed E-state index contributed by atoms with van der Waals surface area (Å²) in [6.45, 7) is 10.9. The van der Waals surface area contributed by atoms with Crippen molar-refractivity contribution in [1.82, 2.24) is 0 Å². The number of rotatable bonds is 1. The van der Waals surface area contributed by atoms with Crippen LogP contribution in [0.5, 0.6) is 0 Å². The Kier molecular flexibility index (Phi) is 2.93. The molecule has 0 amide bonds. The minimum Gasteiger partial charge on any atom is -0.163 e. The smallest absolute Gasteiger partial charge is 0.0369 e. The summed E-state index contributed by atoms with van der Waals surface area (Å²) in [6, 6.07) is 0. The maximum Gasteiger partial charge on any atom is 0.0369 e. The maximum atomic E-state index is 4.09. The van der Waals surface area contributed by atoms with Crippen molar-refractivity contribution >= 4 is 12.4 Å². The van der Waals surface area contributed by atoms with Gasteiger partial charge in [-0.25, -0.2) is 0 Å². The van der Waals surface area contributed by atoms with Crippen LogP contribution in [0.4, 0.5) is 0 Å². The Morgan fingerprint density at radius 1 is 0.929 bits per heavy atom. The zero-order valence-electron chi connectivity index (χ0n) is 9.78. The fourth-order valence-corrected chi connectivity index (χ4v) is 1.16. The second-order valence-corrected chi connectivity index (χ2v) is 5.16. The standard InChI is InChI=1S/C12H20N2/c1-10(2)12(5)7-6-11(3,4)8-13-14-9-12/h6-10H,1-5H3/b7-6-,13-8-,14-9-. The van der Waals surface area contributed by atoms with E-state index >= 15 is 0 Å². The highest BCUT2D eigenvalue weighted by molar-refractivity contribution is 5.74. The Morgan fingerprint density at radius 2 is 1.50 bits per heavy atom. The van der Waals surface area contributed by atoms with Crippen LogP contribution < -0.4 is 0 Å². The van der Waals surface area contributed by atoms with Gasteiger partial charge in [0.25, 0.3) is 0 Å². The van der Waals surface area contributed by atoms with E-state index in [0.717, 1.165) is 0 Å². The number of nitrogens with zero attached hydrogens (tertiary/aromatic N) is 2. The third-order valence-electron chi connectivity index (χ3n) is 2.91. The van der Waals surface area contributed by atoms with Crippen LogP contribution in [0.3, 0.4) is 0 Å². The number of allylic oxidation sites excluding steroid dienone is 2. The zero-order chi connectivity index (χ0) is 10.8. The van der Waals surface area contributed by atoms with Gasteiger partial charge in [0, 0.05) is 23.3 Å². The first kappa shape index (κ1) is 11.2. The summed E-state index contributed by atoms with van der Waals surface area (Å²) in [7, 11) is 0. The SMILES string of the molecule is CC(C)C1(C)/C=C\C(C)(C)/C=N\N=C/1. The summed E-state index contributed by atoms with van der Waals surface area (Å²) < 4.78 is 0. The summed E-state index contributed by atoms with van der Waals surface area (Å²) in [5.74, 6) is 0.534. The van der Waals surface area contributed by atoms with E-state index in [1.165, 1.54) is 0 Å². The lowest BCUT2D eigenvalue weighted by atomic mass is 9.78. The molecule has 0 aromatic carbocycles. The third-order valence-corrected chi connectivity index (χ3v) is 2.91. The van der Waals surface area contributed by atoms with Crippen LogP contribution in [0.25, 0.3) is 0 Å². The predicted octanol–water partition coefficient (Wildman–Crippen LogP) is 3.30. The van der Waals surface area contributed by atoms with Gasteiger partial charge in [-0.15, -0.1) is 0 Å². The van der Waals surface area contributed by atoms with Crippen molar-refractivity contribution in [3.8, 4) is 0 Å². The summed E-state index contributed by atoms with van der Waals surface area (Å²) in [5, 5.41) is 8.15. The van der Waals surface area contributed by atoms with Crippen LogP contribution in [0.1, 0.15) is 34.6 Å². The van der Waals surface area contributed by atoms with E-state index in [2.05, 4.69) is 57.0 Å². The van der Waals surface area contributed by atoms with Gasteiger partial charge in [-0.05, 0) is 5.92 Å². The monoisotopic (exact) mass is 192 g/mol. The summed E-state index contributed by atoms with van der Waals surface area (Å²) in [4.78, 5) is 0. The van der Waals surface area contributed by atoms with Gasteiger partial charge in [-0.3, -0.25) is 0 Å². The topological polar surface area (TPSA) is 24.7 Å². The first-order chi connectivity index (χ1) is 6.36. The van der Waals surface area contributed by atoms with E-state index in [1.54, 1.807) is 0 Å². The quantitative estimate of drug-likeness (QED) is 0.569. The van der Waals surface area contributed by atoms with E-state index in [-0.39, 0.29) is 10.8 Å². The molecule has 1 atom stereocenters. The molecule has 78 valence electrons. The molecular formula is C12H20N2. The van der Waals surface area contributed by atoms with Crippen molar-refractivity contribution in [3.63, 3.8) is 0 Å². The molecule has 0 aliphatic carbocycles. The van der Waals surface area contributed by atoms with E-state index in [0.29, 0.717) is 5.92 Å². The molecule has 0 spiro atoms. The van der Waals surface area contributed by atoms with Crippen LogP contribution >= 0.6 is 0 Å². The second kappa shape index (κ2) is 3.68. The normalized spacial score (nSPS) is 37.3. The van der Waals surface area contributed by atoms with Crippen LogP contribution in [0.2, 0.25) is 0 Å². The molecule has 1 unspecified atom stereocenters. The molecule has 0 N–H and O–H groups in total. The lowest BCUT2D eigenvalue weighted by Gasteiger charge is -2.28. The van der Waals surface area contributed by atoms with Crippen molar-refractivity contribution in [2.24, 2.45) is 27.0 Å². The molecule has 2 nitrogen and oxygen atoms in total. The van der Waals surface area contributed by atoms with Crippen LogP contribution in [-0.4, -0.2) is 12.4 Å². The van der Waals surface area contributed by atoms with Crippen molar-refractivity contribution in [1.29, 1.82) is 0 Å². The Morgan fingerprint density at radius 3 is 2.07 bits per heavy atom. The molecule has 2 heteroatoms. The largest absolute Gasteiger partial charge is 0.163 e. The Labute approximate surface area is 86.8 Å². The Balaban J connectivity index is 3.04. The molecule has 0 saturated carbocycles. The van der Waals surface area contributed by atoms with Crippen molar-refractivity contribution in [3.05, 3.63) is 12.2 Å². The molecular weight excluding hydrogens is 172 g/mol. The average molecular weight is 192 g/mol. The Bertz CT molecular complexity index is 285. The van der Waals surface area contributed by atoms with Gasteiger partial charge >= 0.3 is 0 Å². The molecule has 0 aromatic heterocycles. The minimum atomic E-state index is 0.00785. The van der Waals surface area contributed by atoms with Crippen molar-refractivity contribution in [2.75, 3.05) is 0 Å². The van der Waals surface area contributed by atoms with Crippen LogP contribution in [0.15, 0.2) is 22.4 Å². The average Bonchev–Trinajstić information content (AvgIpc) is 2.07. The molecule has 0 aromatic rings. The highest BCUT2D eigenvalue weighted by Crippen LogP contribution is 2.29. The van der Waals surface area contributed by atoms with Crippen molar-refractivity contribution in [2.45, 2.75) is 34.6 Å². The summed E-state index contributed by atoms with van der Waals surface area (Å²) in [6.07, 6.45) is 8.26. The van der Waals surface area contributed by atoms with Gasteiger partial charge in [-0.1, -0.05) is 46.8 Å². The molecule has 14 heavy (non-hydrogen) atoms. The van der Waals surface area contributed by atoms with Gasteiger partial charge < -0.3 is 0 Å². The van der Waals surface area contributed by atoms with Gasteiger partial charge in [0.1, 0.15) is 0 Å². The summed E-state index contributed by atoms with van der Waals surface area (Å²) >= 11 is 0. The van der Waals surface area contributed by atoms with E-state index in [9.17, 15) is 0 Å². The lowest BCUT2D eigenvalue weighted by molar-refractivity contribution is 0.418.